The minimum atomic E-state index is -0.532. The highest BCUT2D eigenvalue weighted by Gasteiger charge is 2.39. The van der Waals surface area contributed by atoms with Crippen LogP contribution in [0.3, 0.4) is 0 Å². The van der Waals surface area contributed by atoms with Crippen LogP contribution in [0.5, 0.6) is 0 Å². The summed E-state index contributed by atoms with van der Waals surface area (Å²) >= 11 is 0. The van der Waals surface area contributed by atoms with Gasteiger partial charge < -0.3 is 15.0 Å². The van der Waals surface area contributed by atoms with Crippen LogP contribution in [0.15, 0.2) is 0 Å². The van der Waals surface area contributed by atoms with Gasteiger partial charge in [0.15, 0.2) is 0 Å². The monoisotopic (exact) mass is 339 g/mol. The summed E-state index contributed by atoms with van der Waals surface area (Å²) in [6.07, 6.45) is 5.39. The van der Waals surface area contributed by atoms with Gasteiger partial charge in [-0.05, 0) is 40.0 Å². The molecule has 0 radical (unpaired) electrons. The third-order valence-electron chi connectivity index (χ3n) is 4.95. The Morgan fingerprint density at radius 3 is 2.29 bits per heavy atom. The molecule has 1 saturated heterocycles. The van der Waals surface area contributed by atoms with Gasteiger partial charge in [-0.3, -0.25) is 9.69 Å². The lowest BCUT2D eigenvalue weighted by molar-refractivity contribution is -0.136. The van der Waals surface area contributed by atoms with Crippen LogP contribution in [0.2, 0.25) is 0 Å². The van der Waals surface area contributed by atoms with Crippen LogP contribution in [0, 0.1) is 5.92 Å². The maximum absolute atomic E-state index is 12.6. The smallest absolute Gasteiger partial charge is 0.407 e. The summed E-state index contributed by atoms with van der Waals surface area (Å²) in [5.41, 5.74) is -0.532. The van der Waals surface area contributed by atoms with Gasteiger partial charge in [0.05, 0.1) is 5.92 Å². The molecule has 1 saturated carbocycles. The first-order valence-electron chi connectivity index (χ1n) is 9.12. The molecule has 0 unspecified atom stereocenters. The Labute approximate surface area is 145 Å². The number of alkyl carbamates (subject to hydrolysis) is 1. The van der Waals surface area contributed by atoms with E-state index < -0.39 is 11.7 Å². The van der Waals surface area contributed by atoms with Crippen molar-refractivity contribution in [3.05, 3.63) is 0 Å². The van der Waals surface area contributed by atoms with Crippen LogP contribution in [-0.4, -0.2) is 66.7 Å². The Hall–Kier alpha value is -1.30. The number of carbonyl (C=O) groups is 2. The van der Waals surface area contributed by atoms with E-state index in [-0.39, 0.29) is 17.9 Å². The normalized spacial score (nSPS) is 26.2. The SMILES string of the molecule is CN(C)C(=O)[C@@H]1CN(C2CCCC2)CC[C@H]1NC(=O)OC(C)(C)C. The average Bonchev–Trinajstić information content (AvgIpc) is 2.99. The van der Waals surface area contributed by atoms with Crippen molar-refractivity contribution in [3.8, 4) is 0 Å². The van der Waals surface area contributed by atoms with E-state index in [1.54, 1.807) is 19.0 Å². The van der Waals surface area contributed by atoms with E-state index in [9.17, 15) is 9.59 Å². The Kier molecular flexibility index (Phi) is 6.12. The Morgan fingerprint density at radius 1 is 1.12 bits per heavy atom. The van der Waals surface area contributed by atoms with E-state index in [4.69, 9.17) is 4.74 Å². The van der Waals surface area contributed by atoms with Crippen molar-refractivity contribution in [1.82, 2.24) is 15.1 Å². The first-order valence-corrected chi connectivity index (χ1v) is 9.12. The fourth-order valence-corrected chi connectivity index (χ4v) is 3.79. The second-order valence-electron chi connectivity index (χ2n) is 8.31. The molecule has 1 aliphatic carbocycles. The fraction of sp³-hybridized carbons (Fsp3) is 0.889. The molecule has 6 nitrogen and oxygen atoms in total. The minimum Gasteiger partial charge on any atom is -0.444 e. The maximum Gasteiger partial charge on any atom is 0.407 e. The van der Waals surface area contributed by atoms with E-state index in [2.05, 4.69) is 10.2 Å². The fourth-order valence-electron chi connectivity index (χ4n) is 3.79. The Bertz CT molecular complexity index is 453. The summed E-state index contributed by atoms with van der Waals surface area (Å²) in [4.78, 5) is 28.9. The van der Waals surface area contributed by atoms with Gasteiger partial charge in [-0.1, -0.05) is 12.8 Å². The highest BCUT2D eigenvalue weighted by molar-refractivity contribution is 5.80. The quantitative estimate of drug-likeness (QED) is 0.856. The van der Waals surface area contributed by atoms with Gasteiger partial charge in [0.25, 0.3) is 0 Å². The van der Waals surface area contributed by atoms with Gasteiger partial charge in [0, 0.05) is 39.3 Å². The second-order valence-corrected chi connectivity index (χ2v) is 8.31. The molecule has 6 heteroatoms. The first-order chi connectivity index (χ1) is 11.2. The first kappa shape index (κ1) is 19.0. The summed E-state index contributed by atoms with van der Waals surface area (Å²) in [6, 6.07) is 0.442. The molecular formula is C18H33N3O3. The lowest BCUT2D eigenvalue weighted by atomic mass is 9.89. The average molecular weight is 339 g/mol. The molecule has 138 valence electrons. The number of ether oxygens (including phenoxy) is 1. The summed E-state index contributed by atoms with van der Waals surface area (Å²) in [5, 5.41) is 2.94. The van der Waals surface area contributed by atoms with Gasteiger partial charge in [-0.2, -0.15) is 0 Å². The lowest BCUT2D eigenvalue weighted by Gasteiger charge is -2.41. The van der Waals surface area contributed by atoms with Crippen LogP contribution in [-0.2, 0) is 9.53 Å². The number of nitrogens with one attached hydrogen (secondary N) is 1. The van der Waals surface area contributed by atoms with Gasteiger partial charge in [0.2, 0.25) is 5.91 Å². The van der Waals surface area contributed by atoms with Crippen LogP contribution in [0.25, 0.3) is 0 Å². The molecule has 1 aliphatic heterocycles. The molecule has 2 rings (SSSR count). The molecule has 0 aromatic rings. The molecular weight excluding hydrogens is 306 g/mol. The third kappa shape index (κ3) is 5.10. The van der Waals surface area contributed by atoms with Crippen molar-refractivity contribution < 1.29 is 14.3 Å². The van der Waals surface area contributed by atoms with Crippen LogP contribution < -0.4 is 5.32 Å². The molecule has 2 aliphatic rings. The number of hydrogen-bond acceptors (Lipinski definition) is 4. The van der Waals surface area contributed by atoms with Crippen LogP contribution in [0.4, 0.5) is 4.79 Å². The number of amides is 2. The molecule has 2 amide bonds. The zero-order valence-electron chi connectivity index (χ0n) is 15.8. The highest BCUT2D eigenvalue weighted by Crippen LogP contribution is 2.29. The Balaban J connectivity index is 2.03. The van der Waals surface area contributed by atoms with Crippen molar-refractivity contribution in [2.45, 2.75) is 70.6 Å². The van der Waals surface area contributed by atoms with E-state index in [1.165, 1.54) is 25.7 Å². The highest BCUT2D eigenvalue weighted by atomic mass is 16.6. The van der Waals surface area contributed by atoms with Crippen molar-refractivity contribution in [1.29, 1.82) is 0 Å². The van der Waals surface area contributed by atoms with Crippen molar-refractivity contribution in [3.63, 3.8) is 0 Å². The standard InChI is InChI=1S/C18H33N3O3/c1-18(2,3)24-17(23)19-15-10-11-21(13-8-6-7-9-13)12-14(15)16(22)20(4)5/h13-15H,6-12H2,1-5H3,(H,19,23)/t14-,15-/m1/s1. The second kappa shape index (κ2) is 7.72. The van der Waals surface area contributed by atoms with E-state index >= 15 is 0 Å². The third-order valence-corrected chi connectivity index (χ3v) is 4.95. The largest absolute Gasteiger partial charge is 0.444 e. The van der Waals surface area contributed by atoms with E-state index in [0.717, 1.165) is 19.5 Å². The number of carbonyl (C=O) groups excluding carboxylic acids is 2. The van der Waals surface area contributed by atoms with E-state index in [1.807, 2.05) is 20.8 Å². The number of hydrogen-bond donors (Lipinski definition) is 1. The molecule has 0 bridgehead atoms. The molecule has 2 atom stereocenters. The summed E-state index contributed by atoms with van der Waals surface area (Å²) in [5.74, 6) is -0.124. The number of rotatable bonds is 3. The van der Waals surface area contributed by atoms with Crippen molar-refractivity contribution >= 4 is 12.0 Å². The zero-order valence-corrected chi connectivity index (χ0v) is 15.8. The lowest BCUT2D eigenvalue weighted by Crippen LogP contribution is -2.57. The molecule has 0 spiro atoms. The molecule has 2 fully saturated rings. The van der Waals surface area contributed by atoms with Crippen molar-refractivity contribution in [2.24, 2.45) is 5.92 Å². The topological polar surface area (TPSA) is 61.9 Å². The van der Waals surface area contributed by atoms with Gasteiger partial charge in [0.1, 0.15) is 5.60 Å². The van der Waals surface area contributed by atoms with Crippen LogP contribution in [0.1, 0.15) is 52.9 Å². The number of likely N-dealkylation sites (tertiary alicyclic amines) is 1. The summed E-state index contributed by atoms with van der Waals surface area (Å²) in [7, 11) is 3.56. The predicted molar refractivity (Wildman–Crippen MR) is 93.8 cm³/mol. The summed E-state index contributed by atoms with van der Waals surface area (Å²) < 4.78 is 5.37. The minimum absolute atomic E-state index is 0.0822. The van der Waals surface area contributed by atoms with Gasteiger partial charge >= 0.3 is 6.09 Å². The molecule has 24 heavy (non-hydrogen) atoms. The van der Waals surface area contributed by atoms with E-state index in [0.29, 0.717) is 6.04 Å². The van der Waals surface area contributed by atoms with Crippen LogP contribution >= 0.6 is 0 Å². The zero-order chi connectivity index (χ0) is 17.9. The van der Waals surface area contributed by atoms with Crippen molar-refractivity contribution in [2.75, 3.05) is 27.2 Å². The van der Waals surface area contributed by atoms with Gasteiger partial charge in [-0.15, -0.1) is 0 Å². The maximum atomic E-state index is 12.6. The molecule has 0 aromatic carbocycles. The molecule has 1 heterocycles. The number of nitrogens with zero attached hydrogens (tertiary/aromatic N) is 2. The predicted octanol–water partition coefficient (Wildman–Crippen LogP) is 2.23. The van der Waals surface area contributed by atoms with Gasteiger partial charge in [-0.25, -0.2) is 4.79 Å². The molecule has 1 N–H and O–H groups in total. The summed E-state index contributed by atoms with van der Waals surface area (Å²) in [6.45, 7) is 7.19. The number of piperidine rings is 1. The molecule has 0 aromatic heterocycles. The Morgan fingerprint density at radius 2 is 1.75 bits per heavy atom.